The van der Waals surface area contributed by atoms with E-state index in [4.69, 9.17) is 0 Å². The quantitative estimate of drug-likeness (QED) is 0.837. The summed E-state index contributed by atoms with van der Waals surface area (Å²) in [4.78, 5) is 20.1. The predicted octanol–water partition coefficient (Wildman–Crippen LogP) is -0.0858. The molecule has 0 unspecified atom stereocenters. The molecule has 100 valence electrons. The molecule has 1 aliphatic heterocycles. The summed E-state index contributed by atoms with van der Waals surface area (Å²) >= 11 is 0. The Hall–Kier alpha value is -2.18. The first-order valence-electron chi connectivity index (χ1n) is 6.35. The predicted molar refractivity (Wildman–Crippen MR) is 67.2 cm³/mol. The Bertz CT molecular complexity index is 573. The van der Waals surface area contributed by atoms with Gasteiger partial charge in [-0.25, -0.2) is 14.6 Å². The molecule has 1 aliphatic rings. The minimum absolute atomic E-state index is 0.0317. The van der Waals surface area contributed by atoms with E-state index in [1.165, 1.54) is 17.3 Å². The molecule has 2 aromatic heterocycles. The first-order valence-corrected chi connectivity index (χ1v) is 6.35. The number of rotatable bonds is 3. The van der Waals surface area contributed by atoms with E-state index < -0.39 is 0 Å². The molecule has 19 heavy (non-hydrogen) atoms. The largest absolute Gasteiger partial charge is 0.350 e. The Morgan fingerprint density at radius 1 is 1.58 bits per heavy atom. The molecule has 0 aromatic carbocycles. The van der Waals surface area contributed by atoms with Crippen LogP contribution in [-0.4, -0.2) is 36.3 Å². The van der Waals surface area contributed by atoms with Crippen LogP contribution in [0.5, 0.6) is 0 Å². The minimum Gasteiger partial charge on any atom is -0.350 e. The standard InChI is InChI=1S/C12H16N6O/c1-9-4-17-5-10(2-3-11(17)15-9)16-12(19)6-18-8-13-7-14-18/h4,7-8,10H,2-3,5-6H2,1H3,(H,16,19)/t10-/m1/s1. The Balaban J connectivity index is 1.58. The monoisotopic (exact) mass is 260 g/mol. The summed E-state index contributed by atoms with van der Waals surface area (Å²) in [5, 5.41) is 6.95. The average Bonchev–Trinajstić information content (AvgIpc) is 2.96. The van der Waals surface area contributed by atoms with Crippen LogP contribution in [0.15, 0.2) is 18.9 Å². The number of imidazole rings is 1. The highest BCUT2D eigenvalue weighted by atomic mass is 16.2. The normalized spacial score (nSPS) is 18.1. The van der Waals surface area contributed by atoms with E-state index in [-0.39, 0.29) is 18.5 Å². The zero-order valence-electron chi connectivity index (χ0n) is 10.8. The van der Waals surface area contributed by atoms with Gasteiger partial charge in [-0.15, -0.1) is 0 Å². The second-order valence-electron chi connectivity index (χ2n) is 4.85. The molecule has 0 saturated carbocycles. The molecule has 0 fully saturated rings. The van der Waals surface area contributed by atoms with Crippen molar-refractivity contribution in [2.75, 3.05) is 0 Å². The summed E-state index contributed by atoms with van der Waals surface area (Å²) < 4.78 is 3.64. The van der Waals surface area contributed by atoms with Crippen LogP contribution in [0.1, 0.15) is 17.9 Å². The van der Waals surface area contributed by atoms with Crippen LogP contribution in [-0.2, 0) is 24.3 Å². The van der Waals surface area contributed by atoms with Crippen molar-refractivity contribution in [1.29, 1.82) is 0 Å². The van der Waals surface area contributed by atoms with E-state index in [1.807, 2.05) is 13.1 Å². The lowest BCUT2D eigenvalue weighted by molar-refractivity contribution is -0.122. The summed E-state index contributed by atoms with van der Waals surface area (Å²) in [6.07, 6.45) is 6.83. The van der Waals surface area contributed by atoms with Crippen LogP contribution in [0, 0.1) is 6.92 Å². The van der Waals surface area contributed by atoms with E-state index in [9.17, 15) is 4.79 Å². The zero-order valence-corrected chi connectivity index (χ0v) is 10.8. The van der Waals surface area contributed by atoms with Crippen molar-refractivity contribution in [2.24, 2.45) is 0 Å². The molecule has 3 rings (SSSR count). The Morgan fingerprint density at radius 2 is 2.47 bits per heavy atom. The molecular weight excluding hydrogens is 244 g/mol. The molecule has 0 radical (unpaired) electrons. The molecule has 0 spiro atoms. The number of nitrogens with one attached hydrogen (secondary N) is 1. The number of carbonyl (C=O) groups excluding carboxylic acids is 1. The second-order valence-corrected chi connectivity index (χ2v) is 4.85. The lowest BCUT2D eigenvalue weighted by atomic mass is 10.1. The van der Waals surface area contributed by atoms with Crippen molar-refractivity contribution in [3.63, 3.8) is 0 Å². The fourth-order valence-corrected chi connectivity index (χ4v) is 2.44. The number of amides is 1. The molecule has 2 aromatic rings. The average molecular weight is 260 g/mol. The minimum atomic E-state index is -0.0317. The number of fused-ring (bicyclic) bond motifs is 1. The summed E-state index contributed by atoms with van der Waals surface area (Å²) in [6, 6.07) is 0.164. The van der Waals surface area contributed by atoms with Gasteiger partial charge in [0, 0.05) is 25.2 Å². The molecule has 1 amide bonds. The van der Waals surface area contributed by atoms with Gasteiger partial charge in [-0.3, -0.25) is 4.79 Å². The maximum absolute atomic E-state index is 11.9. The Kier molecular flexibility index (Phi) is 3.02. The first kappa shape index (κ1) is 11.9. The number of aromatic nitrogens is 5. The van der Waals surface area contributed by atoms with Gasteiger partial charge >= 0.3 is 0 Å². The van der Waals surface area contributed by atoms with Crippen LogP contribution >= 0.6 is 0 Å². The molecule has 0 bridgehead atoms. The number of nitrogens with zero attached hydrogens (tertiary/aromatic N) is 5. The Morgan fingerprint density at radius 3 is 3.26 bits per heavy atom. The lowest BCUT2D eigenvalue weighted by Gasteiger charge is -2.24. The van der Waals surface area contributed by atoms with Gasteiger partial charge in [0.1, 0.15) is 25.0 Å². The highest BCUT2D eigenvalue weighted by molar-refractivity contribution is 5.75. The van der Waals surface area contributed by atoms with E-state index in [0.29, 0.717) is 0 Å². The molecule has 0 aliphatic carbocycles. The highest BCUT2D eigenvalue weighted by Crippen LogP contribution is 2.14. The van der Waals surface area contributed by atoms with E-state index in [0.717, 1.165) is 30.9 Å². The molecular formula is C12H16N6O. The van der Waals surface area contributed by atoms with Crippen molar-refractivity contribution in [1.82, 2.24) is 29.6 Å². The number of carbonyl (C=O) groups is 1. The Labute approximate surface area is 110 Å². The zero-order chi connectivity index (χ0) is 13.2. The van der Waals surface area contributed by atoms with E-state index in [1.54, 1.807) is 0 Å². The molecule has 0 saturated heterocycles. The molecule has 1 N–H and O–H groups in total. The van der Waals surface area contributed by atoms with Crippen LogP contribution in [0.25, 0.3) is 0 Å². The fourth-order valence-electron chi connectivity index (χ4n) is 2.44. The smallest absolute Gasteiger partial charge is 0.242 e. The van der Waals surface area contributed by atoms with Gasteiger partial charge in [0.15, 0.2) is 0 Å². The molecule has 1 atom stereocenters. The lowest BCUT2D eigenvalue weighted by Crippen LogP contribution is -2.42. The van der Waals surface area contributed by atoms with Crippen molar-refractivity contribution in [3.05, 3.63) is 30.4 Å². The van der Waals surface area contributed by atoms with Crippen molar-refractivity contribution in [3.8, 4) is 0 Å². The van der Waals surface area contributed by atoms with Gasteiger partial charge in [-0.1, -0.05) is 0 Å². The van der Waals surface area contributed by atoms with Crippen LogP contribution in [0.3, 0.4) is 0 Å². The number of aryl methyl sites for hydroxylation is 2. The number of hydrogen-bond donors (Lipinski definition) is 1. The van der Waals surface area contributed by atoms with Crippen molar-refractivity contribution < 1.29 is 4.79 Å². The summed E-state index contributed by atoms with van der Waals surface area (Å²) in [5.74, 6) is 1.08. The number of hydrogen-bond acceptors (Lipinski definition) is 4. The van der Waals surface area contributed by atoms with Gasteiger partial charge in [0.25, 0.3) is 0 Å². The van der Waals surface area contributed by atoms with Crippen LogP contribution in [0.4, 0.5) is 0 Å². The van der Waals surface area contributed by atoms with Crippen molar-refractivity contribution in [2.45, 2.75) is 38.9 Å². The first-order chi connectivity index (χ1) is 9.20. The summed E-state index contributed by atoms with van der Waals surface area (Å²) in [5.41, 5.74) is 1.03. The van der Waals surface area contributed by atoms with Gasteiger partial charge in [-0.05, 0) is 13.3 Å². The molecule has 7 heteroatoms. The highest BCUT2D eigenvalue weighted by Gasteiger charge is 2.21. The van der Waals surface area contributed by atoms with Gasteiger partial charge in [0.2, 0.25) is 5.91 Å². The van der Waals surface area contributed by atoms with Crippen molar-refractivity contribution >= 4 is 5.91 Å². The van der Waals surface area contributed by atoms with Crippen LogP contribution in [0.2, 0.25) is 0 Å². The SMILES string of the molecule is Cc1cn2c(n1)CC[C@@H](NC(=O)Cn1cncn1)C2. The third-order valence-corrected chi connectivity index (χ3v) is 3.25. The van der Waals surface area contributed by atoms with E-state index in [2.05, 4.69) is 25.0 Å². The third kappa shape index (κ3) is 2.64. The third-order valence-electron chi connectivity index (χ3n) is 3.25. The summed E-state index contributed by atoms with van der Waals surface area (Å²) in [6.45, 7) is 3.00. The second kappa shape index (κ2) is 4.83. The maximum atomic E-state index is 11.9. The molecule has 7 nitrogen and oxygen atoms in total. The maximum Gasteiger partial charge on any atom is 0.242 e. The fraction of sp³-hybridized carbons (Fsp3) is 0.500. The topological polar surface area (TPSA) is 77.6 Å². The molecule has 3 heterocycles. The summed E-state index contributed by atoms with van der Waals surface area (Å²) in [7, 11) is 0. The van der Waals surface area contributed by atoms with Gasteiger partial charge < -0.3 is 9.88 Å². The van der Waals surface area contributed by atoms with Gasteiger partial charge in [-0.2, -0.15) is 5.10 Å². The van der Waals surface area contributed by atoms with Crippen LogP contribution < -0.4 is 5.32 Å². The van der Waals surface area contributed by atoms with E-state index >= 15 is 0 Å². The van der Waals surface area contributed by atoms with Gasteiger partial charge in [0.05, 0.1) is 5.69 Å².